The standard InChI is InChI=1S/C21H21BrClN5O/c1-13-18(14(2)28(3)27-13)12-24-21(25-16-8-6-7-15(23)11-16)26-20(29)17-9-4-5-10-19(17)22/h4-11H,12H2,1-3H3,(H2,24,25,26,29). The predicted octanol–water partition coefficient (Wildman–Crippen LogP) is 4.85. The molecule has 1 aromatic heterocycles. The fourth-order valence-electron chi connectivity index (χ4n) is 2.84. The van der Waals surface area contributed by atoms with E-state index >= 15 is 0 Å². The molecule has 1 heterocycles. The predicted molar refractivity (Wildman–Crippen MR) is 121 cm³/mol. The molecule has 3 rings (SSSR count). The van der Waals surface area contributed by atoms with Crippen LogP contribution in [0.25, 0.3) is 0 Å². The number of guanidine groups is 1. The van der Waals surface area contributed by atoms with Gasteiger partial charge in [-0.3, -0.25) is 14.8 Å². The molecule has 0 radical (unpaired) electrons. The van der Waals surface area contributed by atoms with Crippen molar-refractivity contribution < 1.29 is 4.79 Å². The highest BCUT2D eigenvalue weighted by molar-refractivity contribution is 9.10. The van der Waals surface area contributed by atoms with Gasteiger partial charge in [0.25, 0.3) is 5.91 Å². The lowest BCUT2D eigenvalue weighted by Gasteiger charge is -2.13. The highest BCUT2D eigenvalue weighted by Crippen LogP contribution is 2.18. The van der Waals surface area contributed by atoms with Crippen molar-refractivity contribution in [3.8, 4) is 0 Å². The molecule has 0 aliphatic carbocycles. The Morgan fingerprint density at radius 2 is 1.97 bits per heavy atom. The van der Waals surface area contributed by atoms with E-state index in [0.717, 1.165) is 22.6 Å². The number of nitrogens with zero attached hydrogens (tertiary/aromatic N) is 3. The molecule has 6 nitrogen and oxygen atoms in total. The summed E-state index contributed by atoms with van der Waals surface area (Å²) in [4.78, 5) is 17.4. The molecule has 0 fully saturated rings. The summed E-state index contributed by atoms with van der Waals surface area (Å²) in [6, 6.07) is 14.5. The van der Waals surface area contributed by atoms with Crippen molar-refractivity contribution in [2.45, 2.75) is 20.4 Å². The van der Waals surface area contributed by atoms with Crippen LogP contribution in [-0.2, 0) is 13.6 Å². The summed E-state index contributed by atoms with van der Waals surface area (Å²) in [5.74, 6) is 0.0565. The van der Waals surface area contributed by atoms with Gasteiger partial charge in [-0.15, -0.1) is 0 Å². The SMILES string of the molecule is Cc1nn(C)c(C)c1CN=C(NC(=O)c1ccccc1Br)Nc1cccc(Cl)c1. The molecule has 0 saturated carbocycles. The average Bonchev–Trinajstić information content (AvgIpc) is 2.91. The van der Waals surface area contributed by atoms with E-state index in [2.05, 4.69) is 36.7 Å². The number of halogens is 2. The summed E-state index contributed by atoms with van der Waals surface area (Å²) in [5.41, 5.74) is 4.21. The molecule has 0 spiro atoms. The second kappa shape index (κ2) is 9.24. The lowest BCUT2D eigenvalue weighted by molar-refractivity contribution is 0.0976. The molecule has 29 heavy (non-hydrogen) atoms. The number of aliphatic imine (C=N–C) groups is 1. The minimum atomic E-state index is -0.273. The van der Waals surface area contributed by atoms with Gasteiger partial charge in [-0.05, 0) is 60.1 Å². The number of rotatable bonds is 4. The molecule has 0 aliphatic heterocycles. The smallest absolute Gasteiger partial charge is 0.259 e. The zero-order valence-electron chi connectivity index (χ0n) is 16.3. The lowest BCUT2D eigenvalue weighted by atomic mass is 10.2. The first-order valence-electron chi connectivity index (χ1n) is 8.97. The van der Waals surface area contributed by atoms with Crippen LogP contribution in [0.1, 0.15) is 27.3 Å². The van der Waals surface area contributed by atoms with E-state index < -0.39 is 0 Å². The van der Waals surface area contributed by atoms with Crippen molar-refractivity contribution in [2.75, 3.05) is 5.32 Å². The third kappa shape index (κ3) is 5.25. The van der Waals surface area contributed by atoms with Gasteiger partial charge in [0.1, 0.15) is 0 Å². The van der Waals surface area contributed by atoms with Gasteiger partial charge in [0.2, 0.25) is 5.96 Å². The second-order valence-corrected chi connectivity index (χ2v) is 7.80. The highest BCUT2D eigenvalue weighted by atomic mass is 79.9. The maximum Gasteiger partial charge on any atom is 0.259 e. The molecule has 0 atom stereocenters. The van der Waals surface area contributed by atoms with Crippen LogP contribution < -0.4 is 10.6 Å². The normalized spacial score (nSPS) is 11.4. The molecule has 3 aromatic rings. The summed E-state index contributed by atoms with van der Waals surface area (Å²) in [6.07, 6.45) is 0. The number of amides is 1. The summed E-state index contributed by atoms with van der Waals surface area (Å²) < 4.78 is 2.53. The molecule has 2 aromatic carbocycles. The second-order valence-electron chi connectivity index (χ2n) is 6.51. The summed E-state index contributed by atoms with van der Waals surface area (Å²) >= 11 is 9.49. The third-order valence-corrected chi connectivity index (χ3v) is 5.42. The topological polar surface area (TPSA) is 71.3 Å². The monoisotopic (exact) mass is 473 g/mol. The van der Waals surface area contributed by atoms with E-state index in [1.54, 1.807) is 18.2 Å². The molecular formula is C21H21BrClN5O. The molecule has 0 aliphatic rings. The zero-order valence-corrected chi connectivity index (χ0v) is 18.7. The Labute approximate surface area is 183 Å². The first-order valence-corrected chi connectivity index (χ1v) is 10.1. The quantitative estimate of drug-likeness (QED) is 0.419. The molecule has 1 amide bonds. The molecule has 2 N–H and O–H groups in total. The van der Waals surface area contributed by atoms with Crippen molar-refractivity contribution in [1.82, 2.24) is 15.1 Å². The van der Waals surface area contributed by atoms with Crippen molar-refractivity contribution in [3.63, 3.8) is 0 Å². The molecular weight excluding hydrogens is 454 g/mol. The molecule has 0 bridgehead atoms. The van der Waals surface area contributed by atoms with Crippen LogP contribution in [0.3, 0.4) is 0 Å². The van der Waals surface area contributed by atoms with E-state index in [-0.39, 0.29) is 5.91 Å². The van der Waals surface area contributed by atoms with Gasteiger partial charge < -0.3 is 5.32 Å². The van der Waals surface area contributed by atoms with Crippen molar-refractivity contribution in [3.05, 3.63) is 80.5 Å². The average molecular weight is 475 g/mol. The Morgan fingerprint density at radius 1 is 1.21 bits per heavy atom. The van der Waals surface area contributed by atoms with Crippen LogP contribution >= 0.6 is 27.5 Å². The van der Waals surface area contributed by atoms with E-state index in [0.29, 0.717) is 27.6 Å². The Balaban J connectivity index is 1.88. The number of benzene rings is 2. The molecule has 0 saturated heterocycles. The summed E-state index contributed by atoms with van der Waals surface area (Å²) in [6.45, 7) is 4.32. The van der Waals surface area contributed by atoms with Gasteiger partial charge >= 0.3 is 0 Å². The van der Waals surface area contributed by atoms with E-state index in [1.165, 1.54) is 0 Å². The van der Waals surface area contributed by atoms with E-state index in [1.807, 2.05) is 55.9 Å². The Morgan fingerprint density at radius 3 is 2.62 bits per heavy atom. The Kier molecular flexibility index (Phi) is 6.71. The first kappa shape index (κ1) is 21.1. The van der Waals surface area contributed by atoms with Gasteiger partial charge in [0, 0.05) is 33.5 Å². The first-order chi connectivity index (χ1) is 13.8. The maximum atomic E-state index is 12.8. The largest absolute Gasteiger partial charge is 0.326 e. The summed E-state index contributed by atoms with van der Waals surface area (Å²) in [5, 5.41) is 11.0. The number of hydrogen-bond donors (Lipinski definition) is 2. The zero-order chi connectivity index (χ0) is 21.0. The molecule has 0 unspecified atom stereocenters. The van der Waals surface area contributed by atoms with Crippen LogP contribution in [0.2, 0.25) is 5.02 Å². The van der Waals surface area contributed by atoms with Crippen LogP contribution in [0.4, 0.5) is 5.69 Å². The van der Waals surface area contributed by atoms with Crippen molar-refractivity contribution in [1.29, 1.82) is 0 Å². The maximum absolute atomic E-state index is 12.8. The lowest BCUT2D eigenvalue weighted by Crippen LogP contribution is -2.36. The number of aromatic nitrogens is 2. The Hall–Kier alpha value is -2.64. The van der Waals surface area contributed by atoms with Crippen LogP contribution in [-0.4, -0.2) is 21.6 Å². The van der Waals surface area contributed by atoms with Gasteiger partial charge in [-0.25, -0.2) is 4.99 Å². The van der Waals surface area contributed by atoms with E-state index in [9.17, 15) is 4.79 Å². The Bertz CT molecular complexity index is 1080. The number of nitrogens with one attached hydrogen (secondary N) is 2. The van der Waals surface area contributed by atoms with Gasteiger partial charge in [-0.2, -0.15) is 5.10 Å². The number of carbonyl (C=O) groups is 1. The number of anilines is 1. The van der Waals surface area contributed by atoms with E-state index in [4.69, 9.17) is 11.6 Å². The molecule has 8 heteroatoms. The number of aryl methyl sites for hydroxylation is 2. The van der Waals surface area contributed by atoms with Crippen molar-refractivity contribution >= 4 is 45.1 Å². The fourth-order valence-corrected chi connectivity index (χ4v) is 3.49. The van der Waals surface area contributed by atoms with Crippen LogP contribution in [0.15, 0.2) is 58.0 Å². The summed E-state index contributed by atoms with van der Waals surface area (Å²) in [7, 11) is 1.90. The third-order valence-electron chi connectivity index (χ3n) is 4.49. The van der Waals surface area contributed by atoms with Gasteiger partial charge in [0.15, 0.2) is 0 Å². The van der Waals surface area contributed by atoms with Gasteiger partial charge in [-0.1, -0.05) is 29.8 Å². The minimum absolute atomic E-state index is 0.273. The molecule has 150 valence electrons. The highest BCUT2D eigenvalue weighted by Gasteiger charge is 2.14. The van der Waals surface area contributed by atoms with Crippen molar-refractivity contribution in [2.24, 2.45) is 12.0 Å². The minimum Gasteiger partial charge on any atom is -0.326 e. The van der Waals surface area contributed by atoms with Crippen LogP contribution in [0.5, 0.6) is 0 Å². The van der Waals surface area contributed by atoms with Crippen LogP contribution in [0, 0.1) is 13.8 Å². The number of carbonyl (C=O) groups excluding carboxylic acids is 1. The number of hydrogen-bond acceptors (Lipinski definition) is 3. The fraction of sp³-hybridized carbons (Fsp3) is 0.190. The van der Waals surface area contributed by atoms with Gasteiger partial charge in [0.05, 0.1) is 17.8 Å².